The molecule has 0 bridgehead atoms. The highest BCUT2D eigenvalue weighted by Crippen LogP contribution is 2.32. The van der Waals surface area contributed by atoms with Crippen LogP contribution in [0.15, 0.2) is 36.6 Å². The van der Waals surface area contributed by atoms with Crippen molar-refractivity contribution in [1.82, 2.24) is 0 Å². The molecular formula is C12H11IO2. The third-order valence-corrected chi connectivity index (χ3v) is 3.27. The maximum absolute atomic E-state index is 11.4. The van der Waals surface area contributed by atoms with Gasteiger partial charge in [-0.05, 0) is 47.2 Å². The summed E-state index contributed by atoms with van der Waals surface area (Å²) in [4.78, 5) is 11.4. The minimum atomic E-state index is -0.504. The number of benzene rings is 1. The topological polar surface area (TPSA) is 26.3 Å². The van der Waals surface area contributed by atoms with Gasteiger partial charge in [-0.1, -0.05) is 12.1 Å². The largest absolute Gasteiger partial charge is 0.490 e. The van der Waals surface area contributed by atoms with Gasteiger partial charge >= 0.3 is 0 Å². The van der Waals surface area contributed by atoms with E-state index < -0.39 is 5.60 Å². The van der Waals surface area contributed by atoms with Gasteiger partial charge < -0.3 is 4.74 Å². The number of ether oxygens (including phenoxy) is 1. The number of carbonyl (C=O) groups excluding carboxylic acids is 1. The Labute approximate surface area is 102 Å². The SMILES string of the molecule is CC1(c2ccc(I)cc2)CC(=O)C=CO1. The smallest absolute Gasteiger partial charge is 0.163 e. The molecule has 0 spiro atoms. The van der Waals surface area contributed by atoms with Gasteiger partial charge in [-0.15, -0.1) is 0 Å². The van der Waals surface area contributed by atoms with Crippen LogP contribution >= 0.6 is 22.6 Å². The normalized spacial score (nSPS) is 25.1. The Morgan fingerprint density at radius 1 is 1.33 bits per heavy atom. The van der Waals surface area contributed by atoms with E-state index in [2.05, 4.69) is 22.6 Å². The molecule has 0 aliphatic carbocycles. The molecule has 0 saturated carbocycles. The van der Waals surface area contributed by atoms with Crippen LogP contribution in [0.2, 0.25) is 0 Å². The number of rotatable bonds is 1. The lowest BCUT2D eigenvalue weighted by Crippen LogP contribution is -2.29. The van der Waals surface area contributed by atoms with Gasteiger partial charge in [-0.25, -0.2) is 0 Å². The van der Waals surface area contributed by atoms with E-state index in [0.29, 0.717) is 6.42 Å². The summed E-state index contributed by atoms with van der Waals surface area (Å²) >= 11 is 2.25. The molecule has 1 heterocycles. The Bertz CT molecular complexity index is 408. The van der Waals surface area contributed by atoms with Crippen molar-refractivity contribution in [3.8, 4) is 0 Å². The number of allylic oxidation sites excluding steroid dienone is 1. The summed E-state index contributed by atoms with van der Waals surface area (Å²) in [6.45, 7) is 1.94. The fourth-order valence-electron chi connectivity index (χ4n) is 1.67. The van der Waals surface area contributed by atoms with Crippen LogP contribution in [-0.2, 0) is 15.1 Å². The third-order valence-electron chi connectivity index (χ3n) is 2.55. The molecule has 0 N–H and O–H groups in total. The molecule has 1 atom stereocenters. The van der Waals surface area contributed by atoms with E-state index >= 15 is 0 Å². The van der Waals surface area contributed by atoms with Crippen molar-refractivity contribution in [2.24, 2.45) is 0 Å². The van der Waals surface area contributed by atoms with Crippen molar-refractivity contribution >= 4 is 28.4 Å². The van der Waals surface area contributed by atoms with Gasteiger partial charge in [0.2, 0.25) is 0 Å². The van der Waals surface area contributed by atoms with E-state index in [9.17, 15) is 4.79 Å². The van der Waals surface area contributed by atoms with Gasteiger partial charge in [0.25, 0.3) is 0 Å². The second kappa shape index (κ2) is 3.96. The van der Waals surface area contributed by atoms with Crippen molar-refractivity contribution in [2.45, 2.75) is 18.9 Å². The zero-order chi connectivity index (χ0) is 10.9. The Kier molecular flexibility index (Phi) is 2.82. The van der Waals surface area contributed by atoms with E-state index in [1.807, 2.05) is 31.2 Å². The summed E-state index contributed by atoms with van der Waals surface area (Å²) in [6, 6.07) is 8.06. The molecule has 15 heavy (non-hydrogen) atoms. The van der Waals surface area contributed by atoms with Gasteiger partial charge in [0.15, 0.2) is 5.78 Å². The first-order valence-corrected chi connectivity index (χ1v) is 5.81. The van der Waals surface area contributed by atoms with Crippen molar-refractivity contribution in [3.05, 3.63) is 45.7 Å². The summed E-state index contributed by atoms with van der Waals surface area (Å²) in [5, 5.41) is 0. The summed E-state index contributed by atoms with van der Waals surface area (Å²) in [6.07, 6.45) is 3.38. The van der Waals surface area contributed by atoms with Crippen LogP contribution in [0.5, 0.6) is 0 Å². The fraction of sp³-hybridized carbons (Fsp3) is 0.250. The molecule has 2 rings (SSSR count). The highest BCUT2D eigenvalue weighted by atomic mass is 127. The van der Waals surface area contributed by atoms with E-state index in [1.54, 1.807) is 0 Å². The summed E-state index contributed by atoms with van der Waals surface area (Å²) in [7, 11) is 0. The van der Waals surface area contributed by atoms with Gasteiger partial charge in [0.1, 0.15) is 5.60 Å². The first-order chi connectivity index (χ1) is 7.10. The predicted molar refractivity (Wildman–Crippen MR) is 66.4 cm³/mol. The lowest BCUT2D eigenvalue weighted by molar-refractivity contribution is -0.122. The minimum absolute atomic E-state index is 0.113. The van der Waals surface area contributed by atoms with Crippen LogP contribution in [-0.4, -0.2) is 5.78 Å². The summed E-state index contributed by atoms with van der Waals surface area (Å²) < 4.78 is 6.74. The zero-order valence-corrected chi connectivity index (χ0v) is 10.5. The second-order valence-electron chi connectivity index (χ2n) is 3.80. The highest BCUT2D eigenvalue weighted by molar-refractivity contribution is 14.1. The minimum Gasteiger partial charge on any atom is -0.490 e. The molecule has 0 fully saturated rings. The summed E-state index contributed by atoms with van der Waals surface area (Å²) in [5.74, 6) is 0.113. The average molecular weight is 314 g/mol. The van der Waals surface area contributed by atoms with Crippen molar-refractivity contribution in [1.29, 1.82) is 0 Å². The molecule has 78 valence electrons. The van der Waals surface area contributed by atoms with Crippen LogP contribution in [0.25, 0.3) is 0 Å². The number of hydrogen-bond donors (Lipinski definition) is 0. The first-order valence-electron chi connectivity index (χ1n) is 4.73. The van der Waals surface area contributed by atoms with Crippen LogP contribution in [0, 0.1) is 3.57 Å². The Morgan fingerprint density at radius 3 is 2.60 bits per heavy atom. The lowest BCUT2D eigenvalue weighted by atomic mass is 9.89. The van der Waals surface area contributed by atoms with Gasteiger partial charge in [0, 0.05) is 9.65 Å². The molecule has 0 aromatic heterocycles. The molecule has 0 radical (unpaired) electrons. The highest BCUT2D eigenvalue weighted by Gasteiger charge is 2.32. The van der Waals surface area contributed by atoms with E-state index in [0.717, 1.165) is 5.56 Å². The van der Waals surface area contributed by atoms with E-state index in [4.69, 9.17) is 4.74 Å². The Morgan fingerprint density at radius 2 is 2.00 bits per heavy atom. The molecule has 0 saturated heterocycles. The number of hydrogen-bond acceptors (Lipinski definition) is 2. The van der Waals surface area contributed by atoms with Gasteiger partial charge in [0.05, 0.1) is 12.7 Å². The van der Waals surface area contributed by atoms with Crippen LogP contribution in [0.3, 0.4) is 0 Å². The maximum atomic E-state index is 11.4. The lowest BCUT2D eigenvalue weighted by Gasteiger charge is -2.31. The Hall–Kier alpha value is -0.840. The standard InChI is InChI=1S/C12H11IO2/c1-12(8-11(14)6-7-15-12)9-2-4-10(13)5-3-9/h2-7H,8H2,1H3. The van der Waals surface area contributed by atoms with E-state index in [-0.39, 0.29) is 5.78 Å². The van der Waals surface area contributed by atoms with Gasteiger partial charge in [-0.3, -0.25) is 4.79 Å². The predicted octanol–water partition coefficient (Wildman–Crippen LogP) is 3.01. The monoisotopic (exact) mass is 314 g/mol. The quantitative estimate of drug-likeness (QED) is 0.745. The van der Waals surface area contributed by atoms with Crippen molar-refractivity contribution in [2.75, 3.05) is 0 Å². The molecule has 1 aliphatic rings. The van der Waals surface area contributed by atoms with Crippen molar-refractivity contribution < 1.29 is 9.53 Å². The molecule has 1 aromatic rings. The first kappa shape index (κ1) is 10.7. The van der Waals surface area contributed by atoms with Crippen LogP contribution in [0.4, 0.5) is 0 Å². The van der Waals surface area contributed by atoms with E-state index in [1.165, 1.54) is 15.9 Å². The van der Waals surface area contributed by atoms with Crippen molar-refractivity contribution in [3.63, 3.8) is 0 Å². The maximum Gasteiger partial charge on any atom is 0.163 e. The molecule has 1 unspecified atom stereocenters. The molecule has 2 nitrogen and oxygen atoms in total. The fourth-order valence-corrected chi connectivity index (χ4v) is 2.03. The average Bonchev–Trinajstić information content (AvgIpc) is 2.18. The van der Waals surface area contributed by atoms with Crippen LogP contribution < -0.4 is 0 Å². The zero-order valence-electron chi connectivity index (χ0n) is 8.37. The molecule has 0 amide bonds. The second-order valence-corrected chi connectivity index (χ2v) is 5.05. The number of ketones is 1. The summed E-state index contributed by atoms with van der Waals surface area (Å²) in [5.41, 5.74) is 0.538. The van der Waals surface area contributed by atoms with Crippen LogP contribution in [0.1, 0.15) is 18.9 Å². The van der Waals surface area contributed by atoms with Gasteiger partial charge in [-0.2, -0.15) is 0 Å². The third kappa shape index (κ3) is 2.22. The molecule has 1 aliphatic heterocycles. The Balaban J connectivity index is 2.33. The molecule has 1 aromatic carbocycles. The number of halogens is 1. The molecular weight excluding hydrogens is 303 g/mol. The molecule has 3 heteroatoms. The number of carbonyl (C=O) groups is 1.